The van der Waals surface area contributed by atoms with E-state index >= 15 is 0 Å². The fourth-order valence-electron chi connectivity index (χ4n) is 3.01. The van der Waals surface area contributed by atoms with Gasteiger partial charge < -0.3 is 4.74 Å². The lowest BCUT2D eigenvalue weighted by molar-refractivity contribution is -0.137. The van der Waals surface area contributed by atoms with Crippen LogP contribution in [0.25, 0.3) is 23.3 Å². The minimum atomic E-state index is -4.68. The summed E-state index contributed by atoms with van der Waals surface area (Å²) in [7, 11) is 1.27. The fourth-order valence-corrected chi connectivity index (χ4v) is 3.01. The van der Waals surface area contributed by atoms with Crippen LogP contribution in [0.3, 0.4) is 0 Å². The number of carbonyl (C=O) groups excluding carboxylic acids is 1. The van der Waals surface area contributed by atoms with Crippen molar-refractivity contribution in [3.63, 3.8) is 0 Å². The first-order chi connectivity index (χ1) is 14.4. The highest BCUT2D eigenvalue weighted by atomic mass is 19.4. The molecule has 1 heterocycles. The Morgan fingerprint density at radius 2 is 1.80 bits per heavy atom. The third kappa shape index (κ3) is 4.23. The van der Waals surface area contributed by atoms with Crippen molar-refractivity contribution in [2.75, 3.05) is 7.11 Å². The number of hydrogen-bond acceptors (Lipinski definition) is 4. The molecule has 0 unspecified atom stereocenters. The maximum absolute atomic E-state index is 13.5. The predicted molar refractivity (Wildman–Crippen MR) is 107 cm³/mol. The third-order valence-electron chi connectivity index (χ3n) is 4.43. The first-order valence-electron chi connectivity index (χ1n) is 8.76. The molecule has 0 aliphatic heterocycles. The molecule has 2 aromatic carbocycles. The second kappa shape index (κ2) is 8.62. The Hall–Kier alpha value is -3.92. The summed E-state index contributed by atoms with van der Waals surface area (Å²) in [5.74, 6) is 0.0177. The number of ether oxygens (including phenoxy) is 1. The largest absolute Gasteiger partial charge is 0.496 e. The van der Waals surface area contributed by atoms with Crippen LogP contribution in [-0.2, 0) is 6.18 Å². The summed E-state index contributed by atoms with van der Waals surface area (Å²) in [5, 5.41) is 9.63. The van der Waals surface area contributed by atoms with E-state index in [0.717, 1.165) is 17.7 Å². The normalized spacial score (nSPS) is 11.3. The number of alkyl halides is 3. The lowest BCUT2D eigenvalue weighted by atomic mass is 9.98. The van der Waals surface area contributed by atoms with E-state index in [-0.39, 0.29) is 28.1 Å². The molecule has 1 aromatic heterocycles. The van der Waals surface area contributed by atoms with Crippen molar-refractivity contribution in [3.05, 3.63) is 82.7 Å². The number of hydrogen-bond donors (Lipinski definition) is 0. The molecule has 0 saturated carbocycles. The number of methoxy groups -OCH3 is 1. The van der Waals surface area contributed by atoms with Gasteiger partial charge in [0.1, 0.15) is 11.8 Å². The maximum atomic E-state index is 13.5. The molecule has 7 heteroatoms. The number of nitrogens with zero attached hydrogens (tertiary/aromatic N) is 2. The van der Waals surface area contributed by atoms with Crippen LogP contribution in [0.15, 0.2) is 54.7 Å². The summed E-state index contributed by atoms with van der Waals surface area (Å²) in [5.41, 5.74) is 0.483. The zero-order valence-corrected chi connectivity index (χ0v) is 15.8. The molecule has 0 spiro atoms. The van der Waals surface area contributed by atoms with E-state index in [2.05, 4.69) is 11.1 Å². The minimum absolute atomic E-state index is 0.0177. The molecule has 4 nitrogen and oxygen atoms in total. The first kappa shape index (κ1) is 20.8. The third-order valence-corrected chi connectivity index (χ3v) is 4.43. The van der Waals surface area contributed by atoms with Gasteiger partial charge in [-0.15, -0.1) is 0 Å². The number of nitriles is 1. The van der Waals surface area contributed by atoms with Crippen molar-refractivity contribution in [2.45, 2.75) is 6.18 Å². The molecule has 0 amide bonds. The number of carbonyl (C=O) groups is 1. The van der Waals surface area contributed by atoms with Crippen LogP contribution in [0.5, 0.6) is 5.75 Å². The molecule has 0 radical (unpaired) electrons. The van der Waals surface area contributed by atoms with Gasteiger partial charge in [-0.25, -0.2) is 0 Å². The number of aromatic nitrogens is 1. The van der Waals surface area contributed by atoms with E-state index in [9.17, 15) is 23.2 Å². The van der Waals surface area contributed by atoms with Gasteiger partial charge in [0.2, 0.25) is 0 Å². The quantitative estimate of drug-likeness (QED) is 0.513. The molecule has 3 rings (SSSR count). The Kier molecular flexibility index (Phi) is 5.98. The summed E-state index contributed by atoms with van der Waals surface area (Å²) < 4.78 is 45.5. The SMILES string of the molecule is COc1cc(/C=C/c2nccc(-c3ccccc3)c2C#N)c(C(F)(F)F)cc1C=O. The standard InChI is InChI=1S/C23H15F3N2O2/c1-30-22-12-16(20(23(24,25)26)11-17(22)14-29)7-8-21-19(13-27)18(9-10-28-21)15-5-3-2-4-6-15/h2-12,14H,1H3/b8-7+. The van der Waals surface area contributed by atoms with Crippen LogP contribution < -0.4 is 4.74 Å². The van der Waals surface area contributed by atoms with Gasteiger partial charge in [0, 0.05) is 11.8 Å². The lowest BCUT2D eigenvalue weighted by Gasteiger charge is -2.14. The van der Waals surface area contributed by atoms with Crippen LogP contribution in [0.1, 0.15) is 32.7 Å². The van der Waals surface area contributed by atoms with Crippen LogP contribution in [-0.4, -0.2) is 18.4 Å². The average molecular weight is 408 g/mol. The highest BCUT2D eigenvalue weighted by Gasteiger charge is 2.34. The molecule has 0 atom stereocenters. The highest BCUT2D eigenvalue weighted by molar-refractivity contribution is 5.84. The van der Waals surface area contributed by atoms with Crippen LogP contribution >= 0.6 is 0 Å². The Bertz CT molecular complexity index is 1150. The van der Waals surface area contributed by atoms with E-state index in [0.29, 0.717) is 11.8 Å². The van der Waals surface area contributed by atoms with Gasteiger partial charge in [-0.05, 0) is 35.4 Å². The Labute approximate surface area is 170 Å². The summed E-state index contributed by atoms with van der Waals surface area (Å²) in [6, 6.07) is 14.8. The van der Waals surface area contributed by atoms with Crippen molar-refractivity contribution in [1.29, 1.82) is 5.26 Å². The van der Waals surface area contributed by atoms with Crippen molar-refractivity contribution in [1.82, 2.24) is 4.98 Å². The molecule has 0 N–H and O–H groups in total. The molecule has 0 aliphatic carbocycles. The fraction of sp³-hybridized carbons (Fsp3) is 0.0870. The summed E-state index contributed by atoms with van der Waals surface area (Å²) in [4.78, 5) is 15.2. The van der Waals surface area contributed by atoms with Crippen LogP contribution in [0, 0.1) is 11.3 Å². The number of benzene rings is 2. The van der Waals surface area contributed by atoms with Gasteiger partial charge in [0.15, 0.2) is 6.29 Å². The van der Waals surface area contributed by atoms with E-state index in [1.807, 2.05) is 30.3 Å². The topological polar surface area (TPSA) is 63.0 Å². The van der Waals surface area contributed by atoms with Crippen molar-refractivity contribution >= 4 is 18.4 Å². The second-order valence-corrected chi connectivity index (χ2v) is 6.23. The van der Waals surface area contributed by atoms with E-state index < -0.39 is 11.7 Å². The van der Waals surface area contributed by atoms with E-state index in [4.69, 9.17) is 4.74 Å². The van der Waals surface area contributed by atoms with Crippen LogP contribution in [0.2, 0.25) is 0 Å². The molecule has 0 saturated heterocycles. The zero-order chi connectivity index (χ0) is 21.7. The summed E-state index contributed by atoms with van der Waals surface area (Å²) in [6.45, 7) is 0. The first-order valence-corrected chi connectivity index (χ1v) is 8.76. The maximum Gasteiger partial charge on any atom is 0.417 e. The zero-order valence-electron chi connectivity index (χ0n) is 15.8. The second-order valence-electron chi connectivity index (χ2n) is 6.23. The van der Waals surface area contributed by atoms with Crippen molar-refractivity contribution in [3.8, 4) is 22.9 Å². The lowest BCUT2D eigenvalue weighted by Crippen LogP contribution is -2.09. The predicted octanol–water partition coefficient (Wildman–Crippen LogP) is 5.63. The van der Waals surface area contributed by atoms with Crippen molar-refractivity contribution in [2.24, 2.45) is 0 Å². The summed E-state index contributed by atoms with van der Waals surface area (Å²) >= 11 is 0. The van der Waals surface area contributed by atoms with Gasteiger partial charge in [-0.1, -0.05) is 36.4 Å². The van der Waals surface area contributed by atoms with Gasteiger partial charge in [0.05, 0.1) is 29.5 Å². The average Bonchev–Trinajstić information content (AvgIpc) is 2.76. The van der Waals surface area contributed by atoms with E-state index in [1.165, 1.54) is 25.5 Å². The molecule has 3 aromatic rings. The molecular weight excluding hydrogens is 393 g/mol. The number of aldehydes is 1. The Morgan fingerprint density at radius 1 is 1.07 bits per heavy atom. The molecule has 0 bridgehead atoms. The van der Waals surface area contributed by atoms with Crippen molar-refractivity contribution < 1.29 is 22.7 Å². The number of halogens is 3. The molecule has 0 fully saturated rings. The van der Waals surface area contributed by atoms with Gasteiger partial charge >= 0.3 is 6.18 Å². The Balaban J connectivity index is 2.13. The molecule has 30 heavy (non-hydrogen) atoms. The molecule has 0 aliphatic rings. The van der Waals surface area contributed by atoms with Gasteiger partial charge in [0.25, 0.3) is 0 Å². The minimum Gasteiger partial charge on any atom is -0.496 e. The highest BCUT2D eigenvalue weighted by Crippen LogP contribution is 2.36. The smallest absolute Gasteiger partial charge is 0.417 e. The van der Waals surface area contributed by atoms with Gasteiger partial charge in [-0.3, -0.25) is 9.78 Å². The Morgan fingerprint density at radius 3 is 2.40 bits per heavy atom. The monoisotopic (exact) mass is 408 g/mol. The molecular formula is C23H15F3N2O2. The van der Waals surface area contributed by atoms with Gasteiger partial charge in [-0.2, -0.15) is 18.4 Å². The summed E-state index contributed by atoms with van der Waals surface area (Å²) in [6.07, 6.45) is -0.335. The van der Waals surface area contributed by atoms with Crippen LogP contribution in [0.4, 0.5) is 13.2 Å². The molecule has 150 valence electrons. The van der Waals surface area contributed by atoms with E-state index in [1.54, 1.807) is 6.07 Å². The number of pyridine rings is 1. The number of rotatable bonds is 5.